The fourth-order valence-corrected chi connectivity index (χ4v) is 2.35. The molecule has 1 aromatic heterocycles. The number of carbonyl (C=O) groups excluding carboxylic acids is 1. The summed E-state index contributed by atoms with van der Waals surface area (Å²) in [5.41, 5.74) is 2.31. The van der Waals surface area contributed by atoms with E-state index in [-0.39, 0.29) is 23.3 Å². The minimum atomic E-state index is -0.249. The number of phenols is 1. The molecule has 0 saturated carbocycles. The number of hydrogen-bond acceptors (Lipinski definition) is 4. The van der Waals surface area contributed by atoms with Gasteiger partial charge in [-0.25, -0.2) is 0 Å². The summed E-state index contributed by atoms with van der Waals surface area (Å²) in [4.78, 5) is 18.6. The summed E-state index contributed by atoms with van der Waals surface area (Å²) < 4.78 is 5.12. The summed E-state index contributed by atoms with van der Waals surface area (Å²) in [5, 5.41) is 9.94. The Bertz CT molecular complexity index is 700. The third-order valence-corrected chi connectivity index (χ3v) is 3.89. The molecule has 1 unspecified atom stereocenters. The second kappa shape index (κ2) is 7.13. The number of pyridine rings is 1. The number of aryl methyl sites for hydroxylation is 1. The molecule has 1 aromatic carbocycles. The molecule has 2 aromatic rings. The van der Waals surface area contributed by atoms with Crippen LogP contribution in [0.2, 0.25) is 0 Å². The molecule has 0 bridgehead atoms. The molecule has 1 N–H and O–H groups in total. The van der Waals surface area contributed by atoms with Crippen molar-refractivity contribution >= 4 is 5.91 Å². The maximum atomic E-state index is 12.6. The first-order chi connectivity index (χ1) is 10.9. The topological polar surface area (TPSA) is 62.7 Å². The summed E-state index contributed by atoms with van der Waals surface area (Å²) in [7, 11) is 3.25. The minimum absolute atomic E-state index is 0.0523. The third kappa shape index (κ3) is 4.00. The second-order valence-electron chi connectivity index (χ2n) is 5.68. The van der Waals surface area contributed by atoms with Gasteiger partial charge >= 0.3 is 0 Å². The smallest absolute Gasteiger partial charge is 0.257 e. The van der Waals surface area contributed by atoms with Crippen molar-refractivity contribution in [1.82, 2.24) is 9.88 Å². The van der Waals surface area contributed by atoms with Gasteiger partial charge in [0.25, 0.3) is 5.91 Å². The highest BCUT2D eigenvalue weighted by atomic mass is 16.5. The van der Waals surface area contributed by atoms with E-state index in [0.717, 1.165) is 11.3 Å². The van der Waals surface area contributed by atoms with E-state index < -0.39 is 0 Å². The van der Waals surface area contributed by atoms with Crippen molar-refractivity contribution in [3.63, 3.8) is 0 Å². The molecule has 0 fully saturated rings. The van der Waals surface area contributed by atoms with Crippen molar-refractivity contribution in [2.75, 3.05) is 14.2 Å². The summed E-state index contributed by atoms with van der Waals surface area (Å²) in [5.74, 6) is 0.234. The van der Waals surface area contributed by atoms with Gasteiger partial charge in [0.05, 0.1) is 12.7 Å². The van der Waals surface area contributed by atoms with Gasteiger partial charge in [0.15, 0.2) is 0 Å². The third-order valence-electron chi connectivity index (χ3n) is 3.89. The Balaban J connectivity index is 2.15. The number of aromatic hydroxyl groups is 1. The lowest BCUT2D eigenvalue weighted by atomic mass is 10.1. The molecule has 1 heterocycles. The molecule has 0 spiro atoms. The first-order valence-electron chi connectivity index (χ1n) is 7.48. The molecule has 2 rings (SSSR count). The molecule has 0 radical (unpaired) electrons. The Hall–Kier alpha value is -2.56. The lowest BCUT2D eigenvalue weighted by molar-refractivity contribution is 0.0739. The molecular weight excluding hydrogens is 292 g/mol. The lowest BCUT2D eigenvalue weighted by Gasteiger charge is -2.25. The maximum Gasteiger partial charge on any atom is 0.257 e. The fourth-order valence-electron chi connectivity index (χ4n) is 2.35. The van der Waals surface area contributed by atoms with Gasteiger partial charge in [-0.2, -0.15) is 0 Å². The zero-order chi connectivity index (χ0) is 17.0. The molecule has 122 valence electrons. The van der Waals surface area contributed by atoms with Crippen molar-refractivity contribution in [3.8, 4) is 11.5 Å². The summed E-state index contributed by atoms with van der Waals surface area (Å²) >= 11 is 0. The molecule has 23 heavy (non-hydrogen) atoms. The van der Waals surface area contributed by atoms with Crippen LogP contribution in [0, 0.1) is 6.92 Å². The quantitative estimate of drug-likeness (QED) is 0.922. The summed E-state index contributed by atoms with van der Waals surface area (Å²) in [6, 6.07) is 8.53. The highest BCUT2D eigenvalue weighted by Gasteiger charge is 2.21. The number of benzene rings is 1. The summed E-state index contributed by atoms with van der Waals surface area (Å²) in [6.07, 6.45) is 2.42. The number of hydrogen-bond donors (Lipinski definition) is 1. The zero-order valence-electron chi connectivity index (χ0n) is 13.9. The SMILES string of the molecule is COc1ccc(O)c(C(=O)N(C)C(C)Cc2cc(C)ccn2)c1. The number of likely N-dealkylation sites (N-methyl/N-ethyl adjacent to an activating group) is 1. The van der Waals surface area contributed by atoms with Gasteiger partial charge in [0, 0.05) is 31.4 Å². The van der Waals surface area contributed by atoms with Crippen LogP contribution in [0.25, 0.3) is 0 Å². The predicted octanol–water partition coefficient (Wildman–Crippen LogP) is 2.81. The van der Waals surface area contributed by atoms with E-state index in [9.17, 15) is 9.90 Å². The number of methoxy groups -OCH3 is 1. The van der Waals surface area contributed by atoms with E-state index in [1.807, 2.05) is 26.0 Å². The molecule has 1 atom stereocenters. The average molecular weight is 314 g/mol. The van der Waals surface area contributed by atoms with Crippen molar-refractivity contribution in [3.05, 3.63) is 53.3 Å². The predicted molar refractivity (Wildman–Crippen MR) is 88.9 cm³/mol. The Labute approximate surface area is 136 Å². The van der Waals surface area contributed by atoms with Crippen LogP contribution < -0.4 is 4.74 Å². The van der Waals surface area contributed by atoms with E-state index in [4.69, 9.17) is 4.74 Å². The molecule has 0 aliphatic carbocycles. The van der Waals surface area contributed by atoms with Gasteiger partial charge in [0.2, 0.25) is 0 Å². The largest absolute Gasteiger partial charge is 0.507 e. The number of nitrogens with zero attached hydrogens (tertiary/aromatic N) is 2. The first-order valence-corrected chi connectivity index (χ1v) is 7.48. The summed E-state index contributed by atoms with van der Waals surface area (Å²) in [6.45, 7) is 3.97. The van der Waals surface area contributed by atoms with Crippen molar-refractivity contribution < 1.29 is 14.6 Å². The monoisotopic (exact) mass is 314 g/mol. The number of ether oxygens (including phenoxy) is 1. The van der Waals surface area contributed by atoms with Crippen LogP contribution in [0.5, 0.6) is 11.5 Å². The Morgan fingerprint density at radius 1 is 1.35 bits per heavy atom. The van der Waals surface area contributed by atoms with E-state index >= 15 is 0 Å². The number of phenolic OH excluding ortho intramolecular Hbond substituents is 1. The Morgan fingerprint density at radius 3 is 2.74 bits per heavy atom. The molecule has 0 aliphatic heterocycles. The van der Waals surface area contributed by atoms with E-state index in [2.05, 4.69) is 4.98 Å². The van der Waals surface area contributed by atoms with Gasteiger partial charge in [-0.1, -0.05) is 0 Å². The molecule has 5 nitrogen and oxygen atoms in total. The van der Waals surface area contributed by atoms with Crippen LogP contribution in [-0.4, -0.2) is 41.1 Å². The van der Waals surface area contributed by atoms with Crippen LogP contribution >= 0.6 is 0 Å². The van der Waals surface area contributed by atoms with Gasteiger partial charge < -0.3 is 14.7 Å². The number of carbonyl (C=O) groups is 1. The molecule has 0 aliphatic rings. The van der Waals surface area contributed by atoms with Crippen molar-refractivity contribution in [2.45, 2.75) is 26.3 Å². The van der Waals surface area contributed by atoms with E-state index in [0.29, 0.717) is 12.2 Å². The van der Waals surface area contributed by atoms with Gasteiger partial charge in [-0.15, -0.1) is 0 Å². The minimum Gasteiger partial charge on any atom is -0.507 e. The fraction of sp³-hybridized carbons (Fsp3) is 0.333. The standard InChI is InChI=1S/C18H22N2O3/c1-12-7-8-19-14(9-12)10-13(2)20(3)18(22)16-11-15(23-4)5-6-17(16)21/h5-9,11,13,21H,10H2,1-4H3. The zero-order valence-corrected chi connectivity index (χ0v) is 13.9. The molecule has 0 saturated heterocycles. The maximum absolute atomic E-state index is 12.6. The highest BCUT2D eigenvalue weighted by molar-refractivity contribution is 5.97. The molecule has 1 amide bonds. The van der Waals surface area contributed by atoms with Gasteiger partial charge in [-0.05, 0) is 49.7 Å². The van der Waals surface area contributed by atoms with E-state index in [1.54, 1.807) is 30.3 Å². The average Bonchev–Trinajstić information content (AvgIpc) is 2.54. The van der Waals surface area contributed by atoms with Crippen LogP contribution in [0.4, 0.5) is 0 Å². The first kappa shape index (κ1) is 16.8. The van der Waals surface area contributed by atoms with Gasteiger partial charge in [0.1, 0.15) is 11.5 Å². The van der Waals surface area contributed by atoms with Crippen LogP contribution in [-0.2, 0) is 6.42 Å². The number of aromatic nitrogens is 1. The number of amides is 1. The van der Waals surface area contributed by atoms with Gasteiger partial charge in [-0.3, -0.25) is 9.78 Å². The van der Waals surface area contributed by atoms with Crippen molar-refractivity contribution in [1.29, 1.82) is 0 Å². The normalized spacial score (nSPS) is 11.8. The molecule has 5 heteroatoms. The Morgan fingerprint density at radius 2 is 2.09 bits per heavy atom. The van der Waals surface area contributed by atoms with Crippen LogP contribution in [0.3, 0.4) is 0 Å². The van der Waals surface area contributed by atoms with Crippen LogP contribution in [0.15, 0.2) is 36.5 Å². The lowest BCUT2D eigenvalue weighted by Crippen LogP contribution is -2.36. The van der Waals surface area contributed by atoms with Crippen LogP contribution in [0.1, 0.15) is 28.5 Å². The van der Waals surface area contributed by atoms with Crippen molar-refractivity contribution in [2.24, 2.45) is 0 Å². The highest BCUT2D eigenvalue weighted by Crippen LogP contribution is 2.24. The van der Waals surface area contributed by atoms with E-state index in [1.165, 1.54) is 13.2 Å². The Kier molecular flexibility index (Phi) is 5.21. The molecular formula is C18H22N2O3. The second-order valence-corrected chi connectivity index (χ2v) is 5.68. The number of rotatable bonds is 5.